The van der Waals surface area contributed by atoms with Gasteiger partial charge in [-0.2, -0.15) is 5.26 Å². The van der Waals surface area contributed by atoms with Crippen LogP contribution < -0.4 is 10.2 Å². The van der Waals surface area contributed by atoms with Crippen LogP contribution in [0.2, 0.25) is 0 Å². The predicted molar refractivity (Wildman–Crippen MR) is 110 cm³/mol. The zero-order valence-corrected chi connectivity index (χ0v) is 17.2. The molecule has 2 aromatic carbocycles. The molecule has 0 radical (unpaired) electrons. The van der Waals surface area contributed by atoms with Crippen LogP contribution in [0.1, 0.15) is 5.56 Å². The molecule has 1 aliphatic rings. The van der Waals surface area contributed by atoms with Gasteiger partial charge in [-0.05, 0) is 48.4 Å². The number of halogens is 2. The van der Waals surface area contributed by atoms with Crippen LogP contribution in [0.3, 0.4) is 0 Å². The molecule has 1 heterocycles. The van der Waals surface area contributed by atoms with Crippen molar-refractivity contribution in [2.75, 3.05) is 11.9 Å². The summed E-state index contributed by atoms with van der Waals surface area (Å²) in [4.78, 5) is 26.7. The fraction of sp³-hybridized carbons (Fsp3) is 0.150. The Hall–Kier alpha value is -2.63. The normalized spacial score (nSPS) is 18.0. The Morgan fingerprint density at radius 3 is 2.46 bits per heavy atom. The highest BCUT2D eigenvalue weighted by atomic mass is 79.9. The van der Waals surface area contributed by atoms with E-state index in [-0.39, 0.29) is 17.3 Å². The number of likely N-dealkylation sites (N-methyl/N-ethyl adjacent to an activating group) is 1. The summed E-state index contributed by atoms with van der Waals surface area (Å²) in [5.41, 5.74) is 1.24. The first-order valence-corrected chi connectivity index (χ1v) is 9.99. The minimum atomic E-state index is -0.553. The summed E-state index contributed by atoms with van der Waals surface area (Å²) in [6, 6.07) is 14.9. The lowest BCUT2D eigenvalue weighted by Gasteiger charge is -2.18. The van der Waals surface area contributed by atoms with Crippen LogP contribution in [0, 0.1) is 17.1 Å². The van der Waals surface area contributed by atoms with Crippen LogP contribution in [0.15, 0.2) is 63.6 Å². The summed E-state index contributed by atoms with van der Waals surface area (Å²) < 4.78 is 14.0. The minimum absolute atomic E-state index is 0.120. The van der Waals surface area contributed by atoms with Crippen molar-refractivity contribution in [3.8, 4) is 6.07 Å². The van der Waals surface area contributed by atoms with E-state index in [0.717, 1.165) is 10.0 Å². The van der Waals surface area contributed by atoms with Crippen molar-refractivity contribution in [3.63, 3.8) is 0 Å². The number of nitriles is 1. The molecule has 2 amide bonds. The lowest BCUT2D eigenvalue weighted by atomic mass is 10.1. The number of nitrogens with zero attached hydrogens (tertiary/aromatic N) is 2. The van der Waals surface area contributed by atoms with Crippen molar-refractivity contribution in [3.05, 3.63) is 75.0 Å². The number of rotatable bonds is 4. The molecule has 8 heteroatoms. The van der Waals surface area contributed by atoms with E-state index in [1.807, 2.05) is 6.07 Å². The van der Waals surface area contributed by atoms with E-state index in [2.05, 4.69) is 21.2 Å². The second-order valence-electron chi connectivity index (χ2n) is 5.96. The van der Waals surface area contributed by atoms with E-state index in [0.29, 0.717) is 17.1 Å². The second kappa shape index (κ2) is 8.59. The highest BCUT2D eigenvalue weighted by molar-refractivity contribution is 9.10. The molecule has 28 heavy (non-hydrogen) atoms. The summed E-state index contributed by atoms with van der Waals surface area (Å²) >= 11 is 4.52. The van der Waals surface area contributed by atoms with E-state index >= 15 is 0 Å². The number of carbonyl (C=O) groups excluding carboxylic acids is 2. The average molecular weight is 460 g/mol. The third-order valence-electron chi connectivity index (χ3n) is 4.15. The lowest BCUT2D eigenvalue weighted by molar-refractivity contribution is -0.117. The molecule has 3 rings (SSSR count). The van der Waals surface area contributed by atoms with E-state index in [4.69, 9.17) is 0 Å². The fourth-order valence-electron chi connectivity index (χ4n) is 2.77. The van der Waals surface area contributed by atoms with Crippen LogP contribution >= 0.6 is 27.7 Å². The first kappa shape index (κ1) is 20.1. The van der Waals surface area contributed by atoms with Crippen LogP contribution in [-0.4, -0.2) is 24.1 Å². The molecule has 1 aliphatic heterocycles. The highest BCUT2D eigenvalue weighted by Crippen LogP contribution is 2.42. The molecule has 0 bridgehead atoms. The number of hydrogen-bond donors (Lipinski definition) is 1. The van der Waals surface area contributed by atoms with Gasteiger partial charge in [0.05, 0.1) is 5.25 Å². The van der Waals surface area contributed by atoms with E-state index < -0.39 is 11.2 Å². The molecule has 0 spiro atoms. The van der Waals surface area contributed by atoms with Crippen molar-refractivity contribution < 1.29 is 14.0 Å². The van der Waals surface area contributed by atoms with Crippen LogP contribution in [0.25, 0.3) is 0 Å². The van der Waals surface area contributed by atoms with Gasteiger partial charge in [0.1, 0.15) is 22.5 Å². The Morgan fingerprint density at radius 2 is 1.89 bits per heavy atom. The van der Waals surface area contributed by atoms with Gasteiger partial charge >= 0.3 is 0 Å². The van der Waals surface area contributed by atoms with Gasteiger partial charge in [0.15, 0.2) is 0 Å². The highest BCUT2D eigenvalue weighted by Gasteiger charge is 2.40. The molecule has 0 aliphatic carbocycles. The maximum Gasteiger partial charge on any atom is 0.264 e. The van der Waals surface area contributed by atoms with Gasteiger partial charge in [0.2, 0.25) is 5.91 Å². The third-order valence-corrected chi connectivity index (χ3v) is 5.94. The number of hydrogen-bond acceptors (Lipinski definition) is 4. The Labute approximate surface area is 174 Å². The number of benzene rings is 2. The molecule has 0 aromatic heterocycles. The van der Waals surface area contributed by atoms with Crippen LogP contribution in [0.5, 0.6) is 0 Å². The summed E-state index contributed by atoms with van der Waals surface area (Å²) in [7, 11) is 1.43. The van der Waals surface area contributed by atoms with Gasteiger partial charge in [0, 0.05) is 17.2 Å². The van der Waals surface area contributed by atoms with E-state index in [1.54, 1.807) is 36.4 Å². The Morgan fingerprint density at radius 1 is 1.25 bits per heavy atom. The smallest absolute Gasteiger partial charge is 0.264 e. The van der Waals surface area contributed by atoms with Gasteiger partial charge in [-0.3, -0.25) is 14.5 Å². The standard InChI is InChI=1S/C20H15BrFN3O2S/c1-24-18(26)16(11-23)20-25(15-8-4-13(21)5-9-15)19(27)17(28-20)10-12-2-6-14(22)7-3-12/h2-9,17H,10H2,1H3,(H,24,26)/b20-16-. The third kappa shape index (κ3) is 4.11. The average Bonchev–Trinajstić information content (AvgIpc) is 3.00. The molecule has 5 nitrogen and oxygen atoms in total. The van der Waals surface area contributed by atoms with Crippen molar-refractivity contribution in [1.82, 2.24) is 5.32 Å². The zero-order valence-electron chi connectivity index (χ0n) is 14.8. The van der Waals surface area contributed by atoms with Gasteiger partial charge in [-0.1, -0.05) is 39.8 Å². The maximum atomic E-state index is 13.2. The number of amides is 2. The summed E-state index contributed by atoms with van der Waals surface area (Å²) in [5.74, 6) is -1.14. The van der Waals surface area contributed by atoms with Crippen molar-refractivity contribution in [2.45, 2.75) is 11.7 Å². The number of carbonyl (C=O) groups is 2. The molecule has 2 aromatic rings. The van der Waals surface area contributed by atoms with E-state index in [1.165, 1.54) is 35.8 Å². The summed E-state index contributed by atoms with van der Waals surface area (Å²) in [6.45, 7) is 0. The predicted octanol–water partition coefficient (Wildman–Crippen LogP) is 3.76. The maximum absolute atomic E-state index is 13.2. The van der Waals surface area contributed by atoms with Crippen molar-refractivity contribution in [2.24, 2.45) is 0 Å². The fourth-order valence-corrected chi connectivity index (χ4v) is 4.34. The molecule has 1 saturated heterocycles. The van der Waals surface area contributed by atoms with Gasteiger partial charge in [-0.15, -0.1) is 0 Å². The number of anilines is 1. The first-order valence-electron chi connectivity index (χ1n) is 8.31. The van der Waals surface area contributed by atoms with Gasteiger partial charge in [-0.25, -0.2) is 4.39 Å². The topological polar surface area (TPSA) is 73.2 Å². The first-order chi connectivity index (χ1) is 13.4. The van der Waals surface area contributed by atoms with Crippen LogP contribution in [0.4, 0.5) is 10.1 Å². The quantitative estimate of drug-likeness (QED) is 0.557. The summed E-state index contributed by atoms with van der Waals surface area (Å²) in [6.07, 6.45) is 0.354. The lowest BCUT2D eigenvalue weighted by Crippen LogP contribution is -2.31. The molecule has 1 unspecified atom stereocenters. The molecule has 1 fully saturated rings. The van der Waals surface area contributed by atoms with Crippen molar-refractivity contribution >= 4 is 45.2 Å². The second-order valence-corrected chi connectivity index (χ2v) is 8.07. The number of thioether (sulfide) groups is 1. The SMILES string of the molecule is CNC(=O)/C(C#N)=C1\SC(Cc2ccc(F)cc2)C(=O)N1c1ccc(Br)cc1. The Bertz CT molecular complexity index is 984. The van der Waals surface area contributed by atoms with Crippen molar-refractivity contribution in [1.29, 1.82) is 5.26 Å². The Balaban J connectivity index is 2.03. The molecular weight excluding hydrogens is 445 g/mol. The molecule has 0 saturated carbocycles. The molecule has 1 atom stereocenters. The van der Waals surface area contributed by atoms with Gasteiger partial charge in [0.25, 0.3) is 5.91 Å². The van der Waals surface area contributed by atoms with Gasteiger partial charge < -0.3 is 5.32 Å². The number of nitrogens with one attached hydrogen (secondary N) is 1. The molecule has 142 valence electrons. The zero-order chi connectivity index (χ0) is 20.3. The van der Waals surface area contributed by atoms with Crippen LogP contribution in [-0.2, 0) is 16.0 Å². The Kier molecular flexibility index (Phi) is 6.17. The van der Waals surface area contributed by atoms with E-state index in [9.17, 15) is 19.2 Å². The summed E-state index contributed by atoms with van der Waals surface area (Å²) in [5, 5.41) is 11.7. The molecule has 1 N–H and O–H groups in total. The minimum Gasteiger partial charge on any atom is -0.354 e. The largest absolute Gasteiger partial charge is 0.354 e. The monoisotopic (exact) mass is 459 g/mol. The molecular formula is C20H15BrFN3O2S.